The minimum absolute atomic E-state index is 0.0214. The lowest BCUT2D eigenvalue weighted by molar-refractivity contribution is -0.142. The lowest BCUT2D eigenvalue weighted by Crippen LogP contribution is -2.54. The van der Waals surface area contributed by atoms with Gasteiger partial charge in [-0.1, -0.05) is 27.7 Å². The largest absolute Gasteiger partial charge is 0.480 e. The molecule has 0 saturated carbocycles. The van der Waals surface area contributed by atoms with Gasteiger partial charge in [-0.2, -0.15) is 12.6 Å². The zero-order valence-corrected chi connectivity index (χ0v) is 17.2. The van der Waals surface area contributed by atoms with Gasteiger partial charge in [0.1, 0.15) is 12.1 Å². The third-order valence-corrected chi connectivity index (χ3v) is 4.01. The molecule has 0 aliphatic heterocycles. The fourth-order valence-corrected chi connectivity index (χ4v) is 2.58. The highest BCUT2D eigenvalue weighted by Crippen LogP contribution is 2.05. The Morgan fingerprint density at radius 1 is 0.926 bits per heavy atom. The normalized spacial score (nSPS) is 14.4. The van der Waals surface area contributed by atoms with Crippen molar-refractivity contribution in [3.05, 3.63) is 0 Å². The molecule has 0 spiro atoms. The van der Waals surface area contributed by atoms with E-state index in [1.807, 2.05) is 27.7 Å². The van der Waals surface area contributed by atoms with Crippen molar-refractivity contribution in [2.24, 2.45) is 17.6 Å². The molecule has 0 bridgehead atoms. The lowest BCUT2D eigenvalue weighted by atomic mass is 10.0. The van der Waals surface area contributed by atoms with Crippen molar-refractivity contribution in [2.75, 3.05) is 12.3 Å². The van der Waals surface area contributed by atoms with Crippen LogP contribution in [0.4, 0.5) is 0 Å². The summed E-state index contributed by atoms with van der Waals surface area (Å²) in [6.07, 6.45) is 0.750. The molecular formula is C17H32N4O5S. The Hall–Kier alpha value is -1.81. The van der Waals surface area contributed by atoms with Gasteiger partial charge in [0.15, 0.2) is 0 Å². The van der Waals surface area contributed by atoms with Gasteiger partial charge in [0.05, 0.1) is 12.6 Å². The van der Waals surface area contributed by atoms with Crippen LogP contribution in [0.1, 0.15) is 40.5 Å². The highest BCUT2D eigenvalue weighted by atomic mass is 32.1. The molecule has 156 valence electrons. The van der Waals surface area contributed by atoms with Crippen molar-refractivity contribution in [1.82, 2.24) is 16.0 Å². The van der Waals surface area contributed by atoms with E-state index in [2.05, 4.69) is 28.6 Å². The maximum absolute atomic E-state index is 12.2. The molecule has 0 heterocycles. The van der Waals surface area contributed by atoms with E-state index in [-0.39, 0.29) is 30.6 Å². The molecular weight excluding hydrogens is 372 g/mol. The van der Waals surface area contributed by atoms with Crippen LogP contribution in [-0.2, 0) is 19.2 Å². The van der Waals surface area contributed by atoms with Gasteiger partial charge in [0, 0.05) is 5.75 Å². The summed E-state index contributed by atoms with van der Waals surface area (Å²) in [7, 11) is 0. The second-order valence-electron chi connectivity index (χ2n) is 7.29. The van der Waals surface area contributed by atoms with Crippen LogP contribution in [-0.4, -0.2) is 59.2 Å². The Kier molecular flexibility index (Phi) is 11.7. The van der Waals surface area contributed by atoms with Gasteiger partial charge in [0.2, 0.25) is 17.7 Å². The molecule has 0 aromatic rings. The van der Waals surface area contributed by atoms with Crippen molar-refractivity contribution >= 4 is 36.3 Å². The summed E-state index contributed by atoms with van der Waals surface area (Å²) in [6.45, 7) is 7.20. The molecule has 0 aliphatic carbocycles. The summed E-state index contributed by atoms with van der Waals surface area (Å²) in [5.41, 5.74) is 5.73. The standard InChI is InChI=1S/C17H32N4O5S/c1-9(2)5-11(18)15(23)19-7-14(22)20-13(8-27)16(24)21-12(17(25)26)6-10(3)4/h9-13,27H,5-8,18H2,1-4H3,(H,19,23)(H,20,22)(H,21,24)(H,25,26). The smallest absolute Gasteiger partial charge is 0.326 e. The van der Waals surface area contributed by atoms with E-state index in [1.165, 1.54) is 0 Å². The van der Waals surface area contributed by atoms with Gasteiger partial charge in [-0.3, -0.25) is 14.4 Å². The van der Waals surface area contributed by atoms with Gasteiger partial charge < -0.3 is 26.8 Å². The maximum atomic E-state index is 12.2. The van der Waals surface area contributed by atoms with Crippen molar-refractivity contribution in [3.63, 3.8) is 0 Å². The summed E-state index contributed by atoms with van der Waals surface area (Å²) < 4.78 is 0. The molecule has 0 aromatic carbocycles. The number of nitrogens with one attached hydrogen (secondary N) is 3. The molecule has 9 nitrogen and oxygen atoms in total. The Morgan fingerprint density at radius 3 is 1.93 bits per heavy atom. The highest BCUT2D eigenvalue weighted by Gasteiger charge is 2.26. The van der Waals surface area contributed by atoms with Gasteiger partial charge >= 0.3 is 5.97 Å². The number of carbonyl (C=O) groups is 4. The fraction of sp³-hybridized carbons (Fsp3) is 0.765. The molecule has 0 aromatic heterocycles. The van der Waals surface area contributed by atoms with Crippen LogP contribution in [0.25, 0.3) is 0 Å². The number of amides is 3. The second-order valence-corrected chi connectivity index (χ2v) is 7.65. The molecule has 6 N–H and O–H groups in total. The first-order chi connectivity index (χ1) is 12.5. The molecule has 27 heavy (non-hydrogen) atoms. The van der Waals surface area contributed by atoms with Gasteiger partial charge in [-0.15, -0.1) is 0 Å². The summed E-state index contributed by atoms with van der Waals surface area (Å²) in [6, 6.07) is -2.78. The first-order valence-corrected chi connectivity index (χ1v) is 9.57. The summed E-state index contributed by atoms with van der Waals surface area (Å²) in [5, 5.41) is 16.4. The molecule has 0 aliphatic rings. The first-order valence-electron chi connectivity index (χ1n) is 8.94. The van der Waals surface area contributed by atoms with Crippen molar-refractivity contribution < 1.29 is 24.3 Å². The average Bonchev–Trinajstić information content (AvgIpc) is 2.55. The molecule has 10 heteroatoms. The number of hydrogen-bond donors (Lipinski definition) is 6. The number of carboxylic acid groups (broad SMARTS) is 1. The molecule has 3 atom stereocenters. The number of rotatable bonds is 12. The summed E-state index contributed by atoms with van der Waals surface area (Å²) in [5.74, 6) is -2.54. The Morgan fingerprint density at radius 2 is 1.48 bits per heavy atom. The monoisotopic (exact) mass is 404 g/mol. The summed E-state index contributed by atoms with van der Waals surface area (Å²) in [4.78, 5) is 47.3. The predicted molar refractivity (Wildman–Crippen MR) is 105 cm³/mol. The van der Waals surface area contributed by atoms with Crippen LogP contribution in [0.3, 0.4) is 0 Å². The van der Waals surface area contributed by atoms with E-state index in [0.29, 0.717) is 6.42 Å². The number of aliphatic carboxylic acids is 1. The number of carboxylic acids is 1. The fourth-order valence-electron chi connectivity index (χ4n) is 2.32. The minimum Gasteiger partial charge on any atom is -0.480 e. The third-order valence-electron chi connectivity index (χ3n) is 3.64. The molecule has 0 fully saturated rings. The molecule has 0 saturated heterocycles. The Balaban J connectivity index is 4.59. The number of hydrogen-bond acceptors (Lipinski definition) is 6. The van der Waals surface area contributed by atoms with Crippen molar-refractivity contribution in [3.8, 4) is 0 Å². The van der Waals surface area contributed by atoms with Crippen LogP contribution in [0, 0.1) is 11.8 Å². The van der Waals surface area contributed by atoms with E-state index in [4.69, 9.17) is 5.73 Å². The third kappa shape index (κ3) is 10.8. The quantitative estimate of drug-likeness (QED) is 0.242. The van der Waals surface area contributed by atoms with Crippen LogP contribution in [0.15, 0.2) is 0 Å². The predicted octanol–water partition coefficient (Wildman–Crippen LogP) is -0.494. The van der Waals surface area contributed by atoms with Gasteiger partial charge in [-0.05, 0) is 24.7 Å². The van der Waals surface area contributed by atoms with Crippen LogP contribution < -0.4 is 21.7 Å². The molecule has 3 amide bonds. The van der Waals surface area contributed by atoms with Gasteiger partial charge in [0.25, 0.3) is 0 Å². The first kappa shape index (κ1) is 25.2. The molecule has 0 rings (SSSR count). The van der Waals surface area contributed by atoms with E-state index < -0.39 is 41.8 Å². The number of thiol groups is 1. The van der Waals surface area contributed by atoms with Crippen molar-refractivity contribution in [2.45, 2.75) is 58.7 Å². The van der Waals surface area contributed by atoms with Crippen LogP contribution in [0.2, 0.25) is 0 Å². The number of nitrogens with two attached hydrogens (primary N) is 1. The van der Waals surface area contributed by atoms with Crippen molar-refractivity contribution in [1.29, 1.82) is 0 Å². The Labute approximate surface area is 165 Å². The maximum Gasteiger partial charge on any atom is 0.326 e. The van der Waals surface area contributed by atoms with Crippen LogP contribution in [0.5, 0.6) is 0 Å². The van der Waals surface area contributed by atoms with Crippen LogP contribution >= 0.6 is 12.6 Å². The lowest BCUT2D eigenvalue weighted by Gasteiger charge is -2.21. The van der Waals surface area contributed by atoms with Gasteiger partial charge in [-0.25, -0.2) is 4.79 Å². The zero-order chi connectivity index (χ0) is 21.1. The SMILES string of the molecule is CC(C)CC(N)C(=O)NCC(=O)NC(CS)C(=O)NC(CC(C)C)C(=O)O. The molecule has 0 radical (unpaired) electrons. The highest BCUT2D eigenvalue weighted by molar-refractivity contribution is 7.80. The van der Waals surface area contributed by atoms with E-state index in [9.17, 15) is 24.3 Å². The number of carbonyl (C=O) groups excluding carboxylic acids is 3. The topological polar surface area (TPSA) is 151 Å². The summed E-state index contributed by atoms with van der Waals surface area (Å²) >= 11 is 4.02. The zero-order valence-electron chi connectivity index (χ0n) is 16.3. The Bertz CT molecular complexity index is 527. The van der Waals surface area contributed by atoms with E-state index >= 15 is 0 Å². The van der Waals surface area contributed by atoms with E-state index in [1.54, 1.807) is 0 Å². The second kappa shape index (κ2) is 12.6. The minimum atomic E-state index is -1.15. The molecule has 3 unspecified atom stereocenters. The van der Waals surface area contributed by atoms with E-state index in [0.717, 1.165) is 0 Å². The average molecular weight is 405 g/mol.